The molecule has 1 aliphatic rings. The van der Waals surface area contributed by atoms with Crippen molar-refractivity contribution < 1.29 is 4.79 Å². The number of benzene rings is 1. The van der Waals surface area contributed by atoms with E-state index in [2.05, 4.69) is 41.2 Å². The van der Waals surface area contributed by atoms with E-state index < -0.39 is 0 Å². The van der Waals surface area contributed by atoms with Crippen molar-refractivity contribution in [2.75, 3.05) is 13.1 Å². The molecule has 1 fully saturated rings. The molecule has 0 radical (unpaired) electrons. The van der Waals surface area contributed by atoms with Crippen LogP contribution >= 0.6 is 0 Å². The average molecular weight is 311 g/mol. The Morgan fingerprint density at radius 3 is 2.65 bits per heavy atom. The highest BCUT2D eigenvalue weighted by Gasteiger charge is 2.22. The summed E-state index contributed by atoms with van der Waals surface area (Å²) in [6.07, 6.45) is 8.33. The van der Waals surface area contributed by atoms with Crippen LogP contribution in [0.2, 0.25) is 0 Å². The zero-order chi connectivity index (χ0) is 16.1. The standard InChI is InChI=1S/C19H25N3O/c1-15-2-4-16(5-3-15)6-7-19(23)22-10-8-17(9-11-22)12-18-13-20-14-21-18/h2-5,13-14,17H,6-12H2,1H3,(H,20,21). The van der Waals surface area contributed by atoms with Gasteiger partial charge in [0.2, 0.25) is 5.91 Å². The lowest BCUT2D eigenvalue weighted by atomic mass is 9.92. The summed E-state index contributed by atoms with van der Waals surface area (Å²) in [6.45, 7) is 3.87. The van der Waals surface area contributed by atoms with E-state index in [4.69, 9.17) is 0 Å². The van der Waals surface area contributed by atoms with Crippen LogP contribution in [0.5, 0.6) is 0 Å². The highest BCUT2D eigenvalue weighted by molar-refractivity contribution is 5.76. The lowest BCUT2D eigenvalue weighted by Crippen LogP contribution is -2.39. The van der Waals surface area contributed by atoms with Crippen molar-refractivity contribution in [1.82, 2.24) is 14.9 Å². The predicted molar refractivity (Wildman–Crippen MR) is 91.1 cm³/mol. The Hall–Kier alpha value is -2.10. The van der Waals surface area contributed by atoms with Gasteiger partial charge in [-0.3, -0.25) is 4.79 Å². The Morgan fingerprint density at radius 1 is 1.26 bits per heavy atom. The lowest BCUT2D eigenvalue weighted by Gasteiger charge is -2.32. The van der Waals surface area contributed by atoms with Gasteiger partial charge in [-0.1, -0.05) is 29.8 Å². The molecular weight excluding hydrogens is 286 g/mol. The van der Waals surface area contributed by atoms with Crippen LogP contribution < -0.4 is 0 Å². The zero-order valence-corrected chi connectivity index (χ0v) is 13.8. The second-order valence-electron chi connectivity index (χ2n) is 6.59. The number of aromatic nitrogens is 2. The molecule has 0 unspecified atom stereocenters. The summed E-state index contributed by atoms with van der Waals surface area (Å²) in [4.78, 5) is 21.6. The summed E-state index contributed by atoms with van der Waals surface area (Å²) in [6, 6.07) is 8.47. The Kier molecular flexibility index (Phi) is 5.11. The number of H-pyrrole nitrogens is 1. The van der Waals surface area contributed by atoms with E-state index in [1.54, 1.807) is 6.33 Å². The highest BCUT2D eigenvalue weighted by atomic mass is 16.2. The van der Waals surface area contributed by atoms with E-state index in [9.17, 15) is 4.79 Å². The number of carbonyl (C=O) groups excluding carboxylic acids is 1. The molecule has 1 aliphatic heterocycles. The van der Waals surface area contributed by atoms with Gasteiger partial charge < -0.3 is 9.88 Å². The van der Waals surface area contributed by atoms with Crippen LogP contribution in [0.3, 0.4) is 0 Å². The van der Waals surface area contributed by atoms with Gasteiger partial charge in [-0.05, 0) is 44.1 Å². The zero-order valence-electron chi connectivity index (χ0n) is 13.8. The Morgan fingerprint density at radius 2 is 2.00 bits per heavy atom. The Balaban J connectivity index is 1.42. The fourth-order valence-corrected chi connectivity index (χ4v) is 3.26. The number of amides is 1. The first kappa shape index (κ1) is 15.8. The summed E-state index contributed by atoms with van der Waals surface area (Å²) in [5.74, 6) is 0.960. The molecule has 0 saturated carbocycles. The van der Waals surface area contributed by atoms with Crippen LogP contribution in [0.15, 0.2) is 36.8 Å². The third-order valence-corrected chi connectivity index (χ3v) is 4.78. The molecule has 3 rings (SSSR count). The number of piperidine rings is 1. The number of nitrogens with one attached hydrogen (secondary N) is 1. The maximum Gasteiger partial charge on any atom is 0.222 e. The molecule has 0 atom stereocenters. The van der Waals surface area contributed by atoms with Crippen molar-refractivity contribution in [2.24, 2.45) is 5.92 Å². The third kappa shape index (κ3) is 4.44. The number of hydrogen-bond acceptors (Lipinski definition) is 2. The molecule has 2 aromatic rings. The van der Waals surface area contributed by atoms with Gasteiger partial charge in [0.05, 0.1) is 6.33 Å². The second-order valence-corrected chi connectivity index (χ2v) is 6.59. The number of aromatic amines is 1. The summed E-state index contributed by atoms with van der Waals surface area (Å²) in [5, 5.41) is 0. The summed E-state index contributed by atoms with van der Waals surface area (Å²) in [5.41, 5.74) is 3.71. The minimum Gasteiger partial charge on any atom is -0.348 e. The molecule has 1 aromatic heterocycles. The molecule has 4 nitrogen and oxygen atoms in total. The van der Waals surface area contributed by atoms with Crippen molar-refractivity contribution in [1.29, 1.82) is 0 Å². The van der Waals surface area contributed by atoms with Crippen molar-refractivity contribution in [3.05, 3.63) is 53.6 Å². The van der Waals surface area contributed by atoms with E-state index in [1.807, 2.05) is 11.1 Å². The first-order valence-corrected chi connectivity index (χ1v) is 8.51. The number of carbonyl (C=O) groups is 1. The molecule has 1 N–H and O–H groups in total. The van der Waals surface area contributed by atoms with Crippen LogP contribution in [-0.4, -0.2) is 33.9 Å². The molecule has 4 heteroatoms. The smallest absolute Gasteiger partial charge is 0.222 e. The largest absolute Gasteiger partial charge is 0.348 e. The van der Waals surface area contributed by atoms with E-state index in [-0.39, 0.29) is 0 Å². The summed E-state index contributed by atoms with van der Waals surface area (Å²) >= 11 is 0. The van der Waals surface area contributed by atoms with Gasteiger partial charge >= 0.3 is 0 Å². The number of likely N-dealkylation sites (tertiary alicyclic amines) is 1. The van der Waals surface area contributed by atoms with Gasteiger partial charge in [0.1, 0.15) is 0 Å². The van der Waals surface area contributed by atoms with E-state index in [0.29, 0.717) is 18.2 Å². The van der Waals surface area contributed by atoms with Crippen molar-refractivity contribution in [3.8, 4) is 0 Å². The molecule has 23 heavy (non-hydrogen) atoms. The number of imidazole rings is 1. The van der Waals surface area contributed by atoms with Crippen LogP contribution in [0.4, 0.5) is 0 Å². The molecule has 0 aliphatic carbocycles. The molecular formula is C19H25N3O. The van der Waals surface area contributed by atoms with Crippen molar-refractivity contribution >= 4 is 5.91 Å². The fraction of sp³-hybridized carbons (Fsp3) is 0.474. The summed E-state index contributed by atoms with van der Waals surface area (Å²) < 4.78 is 0. The van der Waals surface area contributed by atoms with Gasteiger partial charge in [-0.2, -0.15) is 0 Å². The highest BCUT2D eigenvalue weighted by Crippen LogP contribution is 2.21. The monoisotopic (exact) mass is 311 g/mol. The molecule has 1 aromatic carbocycles. The lowest BCUT2D eigenvalue weighted by molar-refractivity contribution is -0.132. The van der Waals surface area contributed by atoms with Crippen molar-refractivity contribution in [3.63, 3.8) is 0 Å². The summed E-state index contributed by atoms with van der Waals surface area (Å²) in [7, 11) is 0. The SMILES string of the molecule is Cc1ccc(CCC(=O)N2CCC(Cc3cnc[nH]3)CC2)cc1. The first-order valence-electron chi connectivity index (χ1n) is 8.51. The van der Waals surface area contributed by atoms with Gasteiger partial charge in [0.25, 0.3) is 0 Å². The Labute approximate surface area is 137 Å². The quantitative estimate of drug-likeness (QED) is 0.922. The van der Waals surface area contributed by atoms with Gasteiger partial charge in [0.15, 0.2) is 0 Å². The minimum absolute atomic E-state index is 0.297. The number of rotatable bonds is 5. The fourth-order valence-electron chi connectivity index (χ4n) is 3.26. The first-order chi connectivity index (χ1) is 11.2. The molecule has 2 heterocycles. The molecule has 1 amide bonds. The maximum atomic E-state index is 12.4. The topological polar surface area (TPSA) is 49.0 Å². The van der Waals surface area contributed by atoms with E-state index in [0.717, 1.165) is 38.8 Å². The maximum absolute atomic E-state index is 12.4. The minimum atomic E-state index is 0.297. The molecule has 1 saturated heterocycles. The second kappa shape index (κ2) is 7.44. The van der Waals surface area contributed by atoms with E-state index >= 15 is 0 Å². The Bertz CT molecular complexity index is 611. The molecule has 0 bridgehead atoms. The average Bonchev–Trinajstić information content (AvgIpc) is 3.08. The van der Waals surface area contributed by atoms with Crippen LogP contribution in [0.1, 0.15) is 36.1 Å². The van der Waals surface area contributed by atoms with Crippen LogP contribution in [-0.2, 0) is 17.6 Å². The number of aryl methyl sites for hydroxylation is 2. The molecule has 0 spiro atoms. The normalized spacial score (nSPS) is 15.8. The van der Waals surface area contributed by atoms with Crippen LogP contribution in [0.25, 0.3) is 0 Å². The number of hydrogen-bond donors (Lipinski definition) is 1. The van der Waals surface area contributed by atoms with Gasteiger partial charge in [-0.15, -0.1) is 0 Å². The predicted octanol–water partition coefficient (Wildman–Crippen LogP) is 3.13. The van der Waals surface area contributed by atoms with E-state index in [1.165, 1.54) is 16.8 Å². The number of nitrogens with zero attached hydrogens (tertiary/aromatic N) is 2. The molecule has 122 valence electrons. The van der Waals surface area contributed by atoms with Crippen LogP contribution in [0, 0.1) is 12.8 Å². The third-order valence-electron chi connectivity index (χ3n) is 4.78. The van der Waals surface area contributed by atoms with Crippen molar-refractivity contribution in [2.45, 2.75) is 39.0 Å². The van der Waals surface area contributed by atoms with Gasteiger partial charge in [-0.25, -0.2) is 4.98 Å². The van der Waals surface area contributed by atoms with Gasteiger partial charge in [0, 0.05) is 31.4 Å².